The molecule has 0 spiro atoms. The Morgan fingerprint density at radius 3 is 2.61 bits per heavy atom. The Morgan fingerprint density at radius 2 is 1.78 bits per heavy atom. The van der Waals surface area contributed by atoms with Crippen LogP contribution in [0.5, 0.6) is 11.5 Å². The van der Waals surface area contributed by atoms with Gasteiger partial charge < -0.3 is 9.72 Å². The summed E-state index contributed by atoms with van der Waals surface area (Å²) >= 11 is 3.64. The third-order valence-electron chi connectivity index (χ3n) is 9.36. The maximum Gasteiger partial charge on any atom is 0.168 e. The van der Waals surface area contributed by atoms with Gasteiger partial charge in [0.2, 0.25) is 0 Å². The molecule has 3 aromatic heterocycles. The van der Waals surface area contributed by atoms with Crippen LogP contribution in [0.1, 0.15) is 62.7 Å². The molecule has 1 aliphatic rings. The number of hydrogen-bond acceptors (Lipinski definition) is 4. The van der Waals surface area contributed by atoms with E-state index in [2.05, 4.69) is 53.8 Å². The number of aromatic amines is 1. The average molecular weight is 686 g/mol. The summed E-state index contributed by atoms with van der Waals surface area (Å²) in [5.41, 5.74) is 2.84. The van der Waals surface area contributed by atoms with E-state index in [1.165, 1.54) is 18.2 Å². The number of aromatic nitrogens is 6. The zero-order valence-electron chi connectivity index (χ0n) is 26.2. The lowest BCUT2D eigenvalue weighted by atomic mass is 9.72. The van der Waals surface area contributed by atoms with Crippen molar-refractivity contribution >= 4 is 26.8 Å². The Hall–Kier alpha value is -4.31. The fourth-order valence-electron chi connectivity index (χ4n) is 6.37. The van der Waals surface area contributed by atoms with E-state index in [-0.39, 0.29) is 22.5 Å². The third-order valence-corrected chi connectivity index (χ3v) is 9.85. The van der Waals surface area contributed by atoms with E-state index in [0.29, 0.717) is 29.1 Å². The van der Waals surface area contributed by atoms with Crippen molar-refractivity contribution in [3.8, 4) is 22.9 Å². The maximum absolute atomic E-state index is 15.7. The van der Waals surface area contributed by atoms with Crippen molar-refractivity contribution in [2.24, 2.45) is 12.5 Å². The fraction of sp³-hybridized carbons (Fsp3) is 0.306. The van der Waals surface area contributed by atoms with Crippen molar-refractivity contribution in [2.75, 3.05) is 0 Å². The van der Waals surface area contributed by atoms with Crippen LogP contribution in [0.3, 0.4) is 0 Å². The van der Waals surface area contributed by atoms with Gasteiger partial charge in [-0.05, 0) is 79.6 Å². The number of hydrogen-bond donors (Lipinski definition) is 1. The van der Waals surface area contributed by atoms with Crippen molar-refractivity contribution in [3.05, 3.63) is 112 Å². The lowest BCUT2D eigenvalue weighted by Crippen LogP contribution is -2.28. The van der Waals surface area contributed by atoms with Gasteiger partial charge in [-0.15, -0.1) is 0 Å². The standard InChI is InChI=1S/C36H35BrF2N6O/c1-35(2)12-13-36(3,22-6-5-7-23(37)18-22)34-41-33(44(4)43-34)28-20-25(8-9-29(28)38)46-32-27(19-24-11-16-45(42-24)17-14-35)26-10-15-40-31(26)21-30(32)39/h5-11,15-16,18,20-21,40H,12-14,17,19H2,1-4H3. The Labute approximate surface area is 274 Å². The summed E-state index contributed by atoms with van der Waals surface area (Å²) in [5, 5.41) is 10.6. The van der Waals surface area contributed by atoms with Crippen LogP contribution in [0.15, 0.2) is 77.5 Å². The predicted molar refractivity (Wildman–Crippen MR) is 178 cm³/mol. The van der Waals surface area contributed by atoms with Crippen LogP contribution < -0.4 is 4.74 Å². The molecule has 0 fully saturated rings. The summed E-state index contributed by atoms with van der Waals surface area (Å²) in [4.78, 5) is 8.09. The number of benzene rings is 3. The Kier molecular flexibility index (Phi) is 7.58. The molecular formula is C36H35BrF2N6O. The highest BCUT2D eigenvalue weighted by molar-refractivity contribution is 9.10. The average Bonchev–Trinajstić information content (AvgIpc) is 3.77. The second-order valence-corrected chi connectivity index (χ2v) is 14.2. The van der Waals surface area contributed by atoms with Crippen LogP contribution >= 0.6 is 15.9 Å². The molecule has 0 saturated heterocycles. The summed E-state index contributed by atoms with van der Waals surface area (Å²) in [6.07, 6.45) is 6.70. The van der Waals surface area contributed by atoms with E-state index in [1.807, 2.05) is 35.1 Å². The molecule has 1 unspecified atom stereocenters. The summed E-state index contributed by atoms with van der Waals surface area (Å²) in [6.45, 7) is 7.45. The molecule has 46 heavy (non-hydrogen) atoms. The largest absolute Gasteiger partial charge is 0.454 e. The molecule has 7 rings (SSSR count). The molecular weight excluding hydrogens is 650 g/mol. The zero-order chi connectivity index (χ0) is 32.2. The van der Waals surface area contributed by atoms with Gasteiger partial charge in [0.25, 0.3) is 0 Å². The van der Waals surface area contributed by atoms with E-state index in [0.717, 1.165) is 46.9 Å². The third kappa shape index (κ3) is 5.63. The van der Waals surface area contributed by atoms with Gasteiger partial charge in [0.15, 0.2) is 23.2 Å². The highest BCUT2D eigenvalue weighted by Crippen LogP contribution is 2.42. The summed E-state index contributed by atoms with van der Waals surface area (Å²) in [7, 11) is 1.77. The van der Waals surface area contributed by atoms with Crippen molar-refractivity contribution in [3.63, 3.8) is 0 Å². The number of aryl methyl sites for hydroxylation is 2. The SMILES string of the molecule is Cn1nc2nc1-c1cc(ccc1F)Oc1c(F)cc3[nH]ccc3c1Cc1ccn(n1)CCC(C)(C)CCC2(C)c1cccc(Br)c1. The summed E-state index contributed by atoms with van der Waals surface area (Å²) in [5.74, 6) is 0.342. The van der Waals surface area contributed by atoms with Crippen LogP contribution in [0.4, 0.5) is 8.78 Å². The second-order valence-electron chi connectivity index (χ2n) is 13.2. The van der Waals surface area contributed by atoms with Gasteiger partial charge in [0.1, 0.15) is 11.6 Å². The first-order valence-electron chi connectivity index (χ1n) is 15.5. The molecule has 6 bridgehead atoms. The van der Waals surface area contributed by atoms with E-state index < -0.39 is 17.0 Å². The molecule has 0 saturated carbocycles. The Balaban J connectivity index is 1.40. The maximum atomic E-state index is 15.7. The van der Waals surface area contributed by atoms with Gasteiger partial charge in [-0.3, -0.25) is 4.68 Å². The molecule has 6 aromatic rings. The molecule has 0 amide bonds. The minimum atomic E-state index is -0.562. The lowest BCUT2D eigenvalue weighted by molar-refractivity contribution is 0.253. The van der Waals surface area contributed by atoms with Crippen molar-refractivity contribution in [2.45, 2.75) is 58.4 Å². The van der Waals surface area contributed by atoms with Gasteiger partial charge in [-0.2, -0.15) is 10.2 Å². The van der Waals surface area contributed by atoms with Crippen molar-refractivity contribution in [1.29, 1.82) is 0 Å². The first-order chi connectivity index (χ1) is 22.0. The number of ether oxygens (including phenoxy) is 1. The van der Waals surface area contributed by atoms with E-state index >= 15 is 8.78 Å². The van der Waals surface area contributed by atoms with Gasteiger partial charge in [-0.1, -0.05) is 41.9 Å². The topological polar surface area (TPSA) is 73.5 Å². The molecule has 4 heterocycles. The zero-order valence-corrected chi connectivity index (χ0v) is 27.8. The van der Waals surface area contributed by atoms with Crippen LogP contribution in [0.25, 0.3) is 22.3 Å². The molecule has 0 aliphatic carbocycles. The van der Waals surface area contributed by atoms with E-state index in [4.69, 9.17) is 19.9 Å². The smallest absolute Gasteiger partial charge is 0.168 e. The number of nitrogens with zero attached hydrogens (tertiary/aromatic N) is 5. The van der Waals surface area contributed by atoms with Crippen molar-refractivity contribution in [1.82, 2.24) is 29.5 Å². The normalized spacial score (nSPS) is 18.3. The van der Waals surface area contributed by atoms with E-state index in [1.54, 1.807) is 24.0 Å². The van der Waals surface area contributed by atoms with Crippen LogP contribution in [-0.4, -0.2) is 29.5 Å². The predicted octanol–water partition coefficient (Wildman–Crippen LogP) is 9.10. The number of rotatable bonds is 1. The molecule has 10 heteroatoms. The van der Waals surface area contributed by atoms with Crippen molar-refractivity contribution < 1.29 is 13.5 Å². The lowest BCUT2D eigenvalue weighted by Gasteiger charge is -2.33. The summed E-state index contributed by atoms with van der Waals surface area (Å²) in [6, 6.07) is 17.9. The highest BCUT2D eigenvalue weighted by Gasteiger charge is 2.36. The molecule has 1 N–H and O–H groups in total. The second kappa shape index (κ2) is 11.5. The van der Waals surface area contributed by atoms with E-state index in [9.17, 15) is 0 Å². The fourth-order valence-corrected chi connectivity index (χ4v) is 6.77. The van der Waals surface area contributed by atoms with Crippen LogP contribution in [-0.2, 0) is 25.4 Å². The summed E-state index contributed by atoms with van der Waals surface area (Å²) < 4.78 is 42.1. The monoisotopic (exact) mass is 684 g/mol. The Bertz CT molecular complexity index is 2080. The molecule has 236 valence electrons. The van der Waals surface area contributed by atoms with Gasteiger partial charge in [0.05, 0.1) is 16.7 Å². The first kappa shape index (κ1) is 30.3. The van der Waals surface area contributed by atoms with Gasteiger partial charge in [-0.25, -0.2) is 18.4 Å². The number of H-pyrrole nitrogens is 1. The number of fused-ring (bicyclic) bond motifs is 10. The van der Waals surface area contributed by atoms with Gasteiger partial charge >= 0.3 is 0 Å². The number of nitrogens with one attached hydrogen (secondary N) is 1. The first-order valence-corrected chi connectivity index (χ1v) is 16.2. The number of halogens is 3. The molecule has 0 radical (unpaired) electrons. The van der Waals surface area contributed by atoms with Crippen LogP contribution in [0, 0.1) is 17.0 Å². The molecule has 1 aliphatic heterocycles. The molecule has 1 atom stereocenters. The quantitative estimate of drug-likeness (QED) is 0.188. The molecule has 7 nitrogen and oxygen atoms in total. The van der Waals surface area contributed by atoms with Gasteiger partial charge in [0, 0.05) is 59.4 Å². The Morgan fingerprint density at radius 1 is 0.935 bits per heavy atom. The molecule has 3 aromatic carbocycles. The highest BCUT2D eigenvalue weighted by atomic mass is 79.9. The van der Waals surface area contributed by atoms with Crippen LogP contribution in [0.2, 0.25) is 0 Å². The minimum absolute atomic E-state index is 0.0266. The minimum Gasteiger partial charge on any atom is -0.454 e.